The number of rotatable bonds is 6. The minimum Gasteiger partial charge on any atom is -0.454 e. The highest BCUT2D eigenvalue weighted by atomic mass is 16.7. The van der Waals surface area contributed by atoms with Crippen LogP contribution in [0.1, 0.15) is 12.0 Å². The third-order valence-corrected chi connectivity index (χ3v) is 5.15. The molecule has 1 aromatic rings. The van der Waals surface area contributed by atoms with E-state index in [0.717, 1.165) is 50.6 Å². The molecule has 0 radical (unpaired) electrons. The van der Waals surface area contributed by atoms with E-state index in [4.69, 9.17) is 18.9 Å². The number of fused-ring (bicyclic) bond motifs is 2. The van der Waals surface area contributed by atoms with Crippen LogP contribution in [0, 0.1) is 0 Å². The SMILES string of the molecule is COCCO[C@@H]1C[C@H]2CN(Cc3ccc4c(c3)OCO4)CCN2C1. The summed E-state index contributed by atoms with van der Waals surface area (Å²) in [6, 6.07) is 6.88. The second-order valence-electron chi connectivity index (χ2n) is 6.79. The molecular formula is C18H26N2O4. The van der Waals surface area contributed by atoms with E-state index in [-0.39, 0.29) is 0 Å². The Labute approximate surface area is 143 Å². The van der Waals surface area contributed by atoms with Crippen molar-refractivity contribution >= 4 is 0 Å². The molecule has 0 unspecified atom stereocenters. The maximum absolute atomic E-state index is 5.92. The maximum atomic E-state index is 5.92. The molecule has 3 aliphatic heterocycles. The number of piperazine rings is 1. The highest BCUT2D eigenvalue weighted by Crippen LogP contribution is 2.33. The lowest BCUT2D eigenvalue weighted by Crippen LogP contribution is -2.49. The van der Waals surface area contributed by atoms with E-state index in [1.165, 1.54) is 5.56 Å². The van der Waals surface area contributed by atoms with Gasteiger partial charge in [-0.05, 0) is 24.1 Å². The van der Waals surface area contributed by atoms with E-state index in [0.29, 0.717) is 32.2 Å². The third-order valence-electron chi connectivity index (χ3n) is 5.15. The Hall–Kier alpha value is -1.34. The Balaban J connectivity index is 1.30. The molecule has 0 spiro atoms. The van der Waals surface area contributed by atoms with E-state index in [1.54, 1.807) is 7.11 Å². The molecule has 0 bridgehead atoms. The summed E-state index contributed by atoms with van der Waals surface area (Å²) in [5, 5.41) is 0. The van der Waals surface area contributed by atoms with E-state index in [2.05, 4.69) is 21.9 Å². The fourth-order valence-corrected chi connectivity index (χ4v) is 3.92. The van der Waals surface area contributed by atoms with Crippen LogP contribution in [-0.4, -0.2) is 75.2 Å². The summed E-state index contributed by atoms with van der Waals surface area (Å²) in [6.07, 6.45) is 1.48. The van der Waals surface area contributed by atoms with Crippen molar-refractivity contribution in [2.45, 2.75) is 25.1 Å². The molecular weight excluding hydrogens is 308 g/mol. The van der Waals surface area contributed by atoms with Crippen molar-refractivity contribution in [2.75, 3.05) is 53.3 Å². The van der Waals surface area contributed by atoms with E-state index >= 15 is 0 Å². The molecule has 2 saturated heterocycles. The van der Waals surface area contributed by atoms with Crippen LogP contribution in [0.3, 0.4) is 0 Å². The molecule has 24 heavy (non-hydrogen) atoms. The third kappa shape index (κ3) is 3.52. The van der Waals surface area contributed by atoms with Crippen LogP contribution in [0.25, 0.3) is 0 Å². The van der Waals surface area contributed by atoms with Gasteiger partial charge in [0.15, 0.2) is 11.5 Å². The standard InChI is InChI=1S/C18H26N2O4/c1-21-6-7-22-16-9-15-11-19(4-5-20(15)12-16)10-14-2-3-17-18(8-14)24-13-23-17/h2-3,8,15-16H,4-7,9-13H2,1H3/t15-,16+/m0/s1. The van der Waals surface area contributed by atoms with Gasteiger partial charge in [0, 0.05) is 45.9 Å². The Kier molecular flexibility index (Phi) is 4.89. The van der Waals surface area contributed by atoms with Gasteiger partial charge in [-0.2, -0.15) is 0 Å². The van der Waals surface area contributed by atoms with Crippen molar-refractivity contribution in [1.82, 2.24) is 9.80 Å². The first-order valence-corrected chi connectivity index (χ1v) is 8.77. The summed E-state index contributed by atoms with van der Waals surface area (Å²) < 4.78 is 21.9. The van der Waals surface area contributed by atoms with Gasteiger partial charge >= 0.3 is 0 Å². The lowest BCUT2D eigenvalue weighted by atomic mass is 10.1. The second-order valence-corrected chi connectivity index (χ2v) is 6.79. The average molecular weight is 334 g/mol. The zero-order valence-electron chi connectivity index (χ0n) is 14.3. The quantitative estimate of drug-likeness (QED) is 0.732. The number of ether oxygens (including phenoxy) is 4. The number of benzene rings is 1. The first-order chi connectivity index (χ1) is 11.8. The fourth-order valence-electron chi connectivity index (χ4n) is 3.92. The smallest absolute Gasteiger partial charge is 0.231 e. The second kappa shape index (κ2) is 7.27. The van der Waals surface area contributed by atoms with Gasteiger partial charge in [-0.15, -0.1) is 0 Å². The van der Waals surface area contributed by atoms with Crippen LogP contribution in [-0.2, 0) is 16.0 Å². The minimum absolute atomic E-state index is 0.337. The molecule has 0 aromatic heterocycles. The van der Waals surface area contributed by atoms with Crippen LogP contribution in [0.15, 0.2) is 18.2 Å². The predicted molar refractivity (Wildman–Crippen MR) is 89.4 cm³/mol. The molecule has 4 rings (SSSR count). The van der Waals surface area contributed by atoms with Crippen LogP contribution >= 0.6 is 0 Å². The lowest BCUT2D eigenvalue weighted by molar-refractivity contribution is 0.0220. The summed E-state index contributed by atoms with van der Waals surface area (Å²) in [7, 11) is 1.72. The Morgan fingerprint density at radius 3 is 2.96 bits per heavy atom. The van der Waals surface area contributed by atoms with Crippen LogP contribution in [0.4, 0.5) is 0 Å². The number of methoxy groups -OCH3 is 1. The lowest BCUT2D eigenvalue weighted by Gasteiger charge is -2.37. The molecule has 2 fully saturated rings. The normalized spacial score (nSPS) is 26.7. The molecule has 0 N–H and O–H groups in total. The maximum Gasteiger partial charge on any atom is 0.231 e. The predicted octanol–water partition coefficient (Wildman–Crippen LogP) is 1.34. The van der Waals surface area contributed by atoms with Gasteiger partial charge in [0.2, 0.25) is 6.79 Å². The molecule has 0 saturated carbocycles. The number of nitrogens with zero attached hydrogens (tertiary/aromatic N) is 2. The molecule has 3 heterocycles. The number of hydrogen-bond acceptors (Lipinski definition) is 6. The minimum atomic E-state index is 0.337. The largest absolute Gasteiger partial charge is 0.454 e. The highest BCUT2D eigenvalue weighted by Gasteiger charge is 2.36. The zero-order chi connectivity index (χ0) is 16.4. The van der Waals surface area contributed by atoms with Gasteiger partial charge in [-0.3, -0.25) is 9.80 Å². The van der Waals surface area contributed by atoms with E-state index < -0.39 is 0 Å². The first kappa shape index (κ1) is 16.1. The van der Waals surface area contributed by atoms with Gasteiger partial charge in [0.25, 0.3) is 0 Å². The fraction of sp³-hybridized carbons (Fsp3) is 0.667. The summed E-state index contributed by atoms with van der Waals surface area (Å²) in [5.74, 6) is 1.73. The molecule has 1 aromatic carbocycles. The van der Waals surface area contributed by atoms with Gasteiger partial charge in [-0.1, -0.05) is 6.07 Å². The Bertz CT molecular complexity index is 568. The zero-order valence-corrected chi connectivity index (χ0v) is 14.3. The molecule has 132 valence electrons. The molecule has 2 atom stereocenters. The van der Waals surface area contributed by atoms with Crippen molar-refractivity contribution in [1.29, 1.82) is 0 Å². The molecule has 6 nitrogen and oxygen atoms in total. The summed E-state index contributed by atoms with van der Waals surface area (Å²) in [5.41, 5.74) is 1.29. The van der Waals surface area contributed by atoms with Crippen molar-refractivity contribution < 1.29 is 18.9 Å². The summed E-state index contributed by atoms with van der Waals surface area (Å²) in [6.45, 7) is 7.08. The van der Waals surface area contributed by atoms with Crippen LogP contribution in [0.2, 0.25) is 0 Å². The topological polar surface area (TPSA) is 43.4 Å². The van der Waals surface area contributed by atoms with Gasteiger partial charge in [0.1, 0.15) is 0 Å². The van der Waals surface area contributed by atoms with Crippen LogP contribution < -0.4 is 9.47 Å². The van der Waals surface area contributed by atoms with Crippen molar-refractivity contribution in [3.05, 3.63) is 23.8 Å². The first-order valence-electron chi connectivity index (χ1n) is 8.77. The van der Waals surface area contributed by atoms with Gasteiger partial charge < -0.3 is 18.9 Å². The van der Waals surface area contributed by atoms with E-state index in [9.17, 15) is 0 Å². The van der Waals surface area contributed by atoms with Gasteiger partial charge in [0.05, 0.1) is 19.3 Å². The van der Waals surface area contributed by atoms with Crippen molar-refractivity contribution in [2.24, 2.45) is 0 Å². The molecule has 6 heteroatoms. The van der Waals surface area contributed by atoms with Crippen molar-refractivity contribution in [3.63, 3.8) is 0 Å². The highest BCUT2D eigenvalue weighted by molar-refractivity contribution is 5.44. The number of hydrogen-bond donors (Lipinski definition) is 0. The van der Waals surface area contributed by atoms with Crippen molar-refractivity contribution in [3.8, 4) is 11.5 Å². The van der Waals surface area contributed by atoms with Gasteiger partial charge in [-0.25, -0.2) is 0 Å². The monoisotopic (exact) mass is 334 g/mol. The molecule has 3 aliphatic rings. The van der Waals surface area contributed by atoms with E-state index in [1.807, 2.05) is 6.07 Å². The Morgan fingerprint density at radius 1 is 1.12 bits per heavy atom. The summed E-state index contributed by atoms with van der Waals surface area (Å²) >= 11 is 0. The van der Waals surface area contributed by atoms with Crippen LogP contribution in [0.5, 0.6) is 11.5 Å². The Morgan fingerprint density at radius 2 is 2.04 bits per heavy atom. The molecule has 0 amide bonds. The summed E-state index contributed by atoms with van der Waals surface area (Å²) in [4.78, 5) is 5.11. The molecule has 0 aliphatic carbocycles. The average Bonchev–Trinajstić information content (AvgIpc) is 3.20.